The number of benzene rings is 2. The number of H-pyrrole nitrogens is 1. The Morgan fingerprint density at radius 2 is 2.00 bits per heavy atom. The minimum absolute atomic E-state index is 0.159. The van der Waals surface area contributed by atoms with Gasteiger partial charge in [0.25, 0.3) is 0 Å². The van der Waals surface area contributed by atoms with Crippen molar-refractivity contribution in [1.29, 1.82) is 0 Å². The molecule has 170 valence electrons. The molecule has 0 radical (unpaired) electrons. The Morgan fingerprint density at radius 1 is 1.12 bits per heavy atom. The van der Waals surface area contributed by atoms with Crippen LogP contribution in [0, 0.1) is 5.82 Å². The molecular formula is C27H33FN2O2. The van der Waals surface area contributed by atoms with Crippen LogP contribution in [0.1, 0.15) is 54.7 Å². The smallest absolute Gasteiger partial charge is 0.123 e. The number of aromatic amines is 1. The van der Waals surface area contributed by atoms with Crippen LogP contribution in [-0.4, -0.2) is 37.4 Å². The summed E-state index contributed by atoms with van der Waals surface area (Å²) in [6.45, 7) is 1.52. The lowest BCUT2D eigenvalue weighted by Gasteiger charge is -2.34. The maximum Gasteiger partial charge on any atom is 0.123 e. The summed E-state index contributed by atoms with van der Waals surface area (Å²) in [6, 6.07) is 12.3. The van der Waals surface area contributed by atoms with E-state index in [1.165, 1.54) is 22.8 Å². The number of nitrogens with one attached hydrogen (secondary N) is 2. The summed E-state index contributed by atoms with van der Waals surface area (Å²) in [5, 5.41) is 4.93. The number of aryl methyl sites for hydroxylation is 1. The molecule has 1 saturated carbocycles. The summed E-state index contributed by atoms with van der Waals surface area (Å²) in [5.74, 6) is 1.39. The Morgan fingerprint density at radius 3 is 2.84 bits per heavy atom. The van der Waals surface area contributed by atoms with Gasteiger partial charge in [0.1, 0.15) is 18.2 Å². The molecule has 0 saturated heterocycles. The van der Waals surface area contributed by atoms with Crippen molar-refractivity contribution < 1.29 is 13.9 Å². The number of methoxy groups -OCH3 is 1. The van der Waals surface area contributed by atoms with Gasteiger partial charge in [-0.25, -0.2) is 4.39 Å². The van der Waals surface area contributed by atoms with E-state index in [1.807, 2.05) is 6.07 Å². The zero-order valence-corrected chi connectivity index (χ0v) is 18.8. The van der Waals surface area contributed by atoms with Crippen LogP contribution < -0.4 is 10.1 Å². The largest absolute Gasteiger partial charge is 0.492 e. The van der Waals surface area contributed by atoms with Crippen molar-refractivity contribution >= 4 is 10.9 Å². The highest BCUT2D eigenvalue weighted by Gasteiger charge is 2.28. The molecule has 1 aliphatic carbocycles. The van der Waals surface area contributed by atoms with E-state index >= 15 is 0 Å². The highest BCUT2D eigenvalue weighted by molar-refractivity contribution is 5.83. The molecule has 0 spiro atoms. The Bertz CT molecular complexity index is 1050. The van der Waals surface area contributed by atoms with Crippen molar-refractivity contribution in [3.8, 4) is 5.75 Å². The molecule has 2 aliphatic rings. The Kier molecular flexibility index (Phi) is 6.47. The number of hydrogen-bond donors (Lipinski definition) is 2. The highest BCUT2D eigenvalue weighted by Crippen LogP contribution is 2.37. The standard InChI is InChI=1S/C27H33FN2O2/c1-31-13-3-5-18-4-2-6-27-23(18)15-22(17-32-27)30-21-10-7-19(8-11-21)25-16-29-26-12-9-20(28)14-24(25)26/h2,4,6,9,12,14,16,19,21-22,29-30H,3,5,7-8,10-11,13,15,17H2,1H3. The summed E-state index contributed by atoms with van der Waals surface area (Å²) >= 11 is 0. The lowest BCUT2D eigenvalue weighted by Crippen LogP contribution is -2.46. The second kappa shape index (κ2) is 9.63. The van der Waals surface area contributed by atoms with Crippen LogP contribution in [0.5, 0.6) is 5.75 Å². The van der Waals surface area contributed by atoms with Gasteiger partial charge in [0.05, 0.1) is 0 Å². The average molecular weight is 437 g/mol. The van der Waals surface area contributed by atoms with Crippen molar-refractivity contribution in [1.82, 2.24) is 10.3 Å². The molecular weight excluding hydrogens is 403 g/mol. The molecule has 1 atom stereocenters. The second-order valence-corrected chi connectivity index (χ2v) is 9.35. The van der Waals surface area contributed by atoms with E-state index in [0.29, 0.717) is 18.0 Å². The number of ether oxygens (including phenoxy) is 2. The van der Waals surface area contributed by atoms with E-state index in [4.69, 9.17) is 9.47 Å². The second-order valence-electron chi connectivity index (χ2n) is 9.35. The molecule has 0 amide bonds. The van der Waals surface area contributed by atoms with Crippen molar-refractivity contribution in [2.24, 2.45) is 0 Å². The predicted molar refractivity (Wildman–Crippen MR) is 126 cm³/mol. The number of halogens is 1. The van der Waals surface area contributed by atoms with Crippen LogP contribution in [0.3, 0.4) is 0 Å². The molecule has 0 bridgehead atoms. The van der Waals surface area contributed by atoms with Gasteiger partial charge in [-0.05, 0) is 91.8 Å². The molecule has 2 heterocycles. The molecule has 5 heteroatoms. The summed E-state index contributed by atoms with van der Waals surface area (Å²) in [5.41, 5.74) is 5.05. The Labute approximate surface area is 189 Å². The van der Waals surface area contributed by atoms with E-state index in [9.17, 15) is 4.39 Å². The minimum Gasteiger partial charge on any atom is -0.492 e. The van der Waals surface area contributed by atoms with Crippen LogP contribution in [-0.2, 0) is 17.6 Å². The lowest BCUT2D eigenvalue weighted by atomic mass is 9.81. The first-order chi connectivity index (χ1) is 15.7. The van der Waals surface area contributed by atoms with E-state index < -0.39 is 0 Å². The molecule has 1 aromatic heterocycles. The van der Waals surface area contributed by atoms with Gasteiger partial charge < -0.3 is 19.8 Å². The molecule has 1 aliphatic heterocycles. The first kappa shape index (κ1) is 21.5. The quantitative estimate of drug-likeness (QED) is 0.481. The minimum atomic E-state index is -0.159. The molecule has 1 fully saturated rings. The van der Waals surface area contributed by atoms with E-state index in [1.54, 1.807) is 13.2 Å². The summed E-state index contributed by atoms with van der Waals surface area (Å²) < 4.78 is 25.1. The molecule has 3 aromatic rings. The lowest BCUT2D eigenvalue weighted by molar-refractivity contribution is 0.194. The maximum absolute atomic E-state index is 13.8. The van der Waals surface area contributed by atoms with Gasteiger partial charge in [0.15, 0.2) is 0 Å². The number of hydrogen-bond acceptors (Lipinski definition) is 3. The third-order valence-electron chi connectivity index (χ3n) is 7.23. The zero-order chi connectivity index (χ0) is 21.9. The van der Waals surface area contributed by atoms with Gasteiger partial charge in [-0.2, -0.15) is 0 Å². The first-order valence-electron chi connectivity index (χ1n) is 12.0. The van der Waals surface area contributed by atoms with Crippen LogP contribution in [0.2, 0.25) is 0 Å². The van der Waals surface area contributed by atoms with E-state index in [2.05, 4.69) is 34.7 Å². The van der Waals surface area contributed by atoms with Crippen molar-refractivity contribution in [3.63, 3.8) is 0 Å². The number of fused-ring (bicyclic) bond motifs is 2. The normalized spacial score (nSPS) is 23.1. The van der Waals surface area contributed by atoms with Crippen LogP contribution >= 0.6 is 0 Å². The van der Waals surface area contributed by atoms with Crippen molar-refractivity contribution in [3.05, 3.63) is 65.1 Å². The first-order valence-corrected chi connectivity index (χ1v) is 12.0. The average Bonchev–Trinajstić information content (AvgIpc) is 3.23. The van der Waals surface area contributed by atoms with Crippen LogP contribution in [0.4, 0.5) is 4.39 Å². The summed E-state index contributed by atoms with van der Waals surface area (Å²) in [4.78, 5) is 3.32. The van der Waals surface area contributed by atoms with Gasteiger partial charge in [0.2, 0.25) is 0 Å². The summed E-state index contributed by atoms with van der Waals surface area (Å²) in [6.07, 6.45) is 9.73. The monoisotopic (exact) mass is 436 g/mol. The van der Waals surface area contributed by atoms with E-state index in [-0.39, 0.29) is 5.82 Å². The fourth-order valence-electron chi connectivity index (χ4n) is 5.58. The fourth-order valence-corrected chi connectivity index (χ4v) is 5.58. The van der Waals surface area contributed by atoms with Gasteiger partial charge in [-0.15, -0.1) is 0 Å². The SMILES string of the molecule is COCCCc1cccc2c1CC(NC1CCC(c3c[nH]c4ccc(F)cc34)CC1)CO2. The highest BCUT2D eigenvalue weighted by atomic mass is 19.1. The number of rotatable bonds is 7. The van der Waals surface area contributed by atoms with Gasteiger partial charge >= 0.3 is 0 Å². The maximum atomic E-state index is 13.8. The van der Waals surface area contributed by atoms with Crippen molar-refractivity contribution in [2.45, 2.75) is 62.9 Å². The topological polar surface area (TPSA) is 46.3 Å². The molecule has 32 heavy (non-hydrogen) atoms. The van der Waals surface area contributed by atoms with Crippen LogP contribution in [0.15, 0.2) is 42.6 Å². The van der Waals surface area contributed by atoms with Gasteiger partial charge in [-0.3, -0.25) is 0 Å². The summed E-state index contributed by atoms with van der Waals surface area (Å²) in [7, 11) is 1.76. The zero-order valence-electron chi connectivity index (χ0n) is 18.8. The molecule has 1 unspecified atom stereocenters. The Balaban J connectivity index is 1.19. The van der Waals surface area contributed by atoms with Gasteiger partial charge in [-0.1, -0.05) is 12.1 Å². The molecule has 4 nitrogen and oxygen atoms in total. The molecule has 5 rings (SSSR count). The van der Waals surface area contributed by atoms with E-state index in [0.717, 1.165) is 74.8 Å². The Hall–Kier alpha value is -2.37. The van der Waals surface area contributed by atoms with Gasteiger partial charge in [0, 0.05) is 42.9 Å². The fraction of sp³-hybridized carbons (Fsp3) is 0.481. The molecule has 2 N–H and O–H groups in total. The predicted octanol–water partition coefficient (Wildman–Crippen LogP) is 5.51. The third kappa shape index (κ3) is 4.55. The van der Waals surface area contributed by atoms with Crippen LogP contribution in [0.25, 0.3) is 10.9 Å². The number of aromatic nitrogens is 1. The van der Waals surface area contributed by atoms with Crippen molar-refractivity contribution in [2.75, 3.05) is 20.3 Å². The third-order valence-corrected chi connectivity index (χ3v) is 7.23. The molecule has 2 aromatic carbocycles.